The van der Waals surface area contributed by atoms with Crippen molar-refractivity contribution < 1.29 is 14.4 Å². The van der Waals surface area contributed by atoms with E-state index in [0.29, 0.717) is 13.1 Å². The van der Waals surface area contributed by atoms with Gasteiger partial charge in [0.1, 0.15) is 6.54 Å². The third-order valence-electron chi connectivity index (χ3n) is 4.32. The van der Waals surface area contributed by atoms with E-state index >= 15 is 0 Å². The van der Waals surface area contributed by atoms with Crippen LogP contribution in [0.2, 0.25) is 0 Å². The first-order chi connectivity index (χ1) is 11.0. The van der Waals surface area contributed by atoms with E-state index in [0.717, 1.165) is 25.7 Å². The Morgan fingerprint density at radius 3 is 2.48 bits per heavy atom. The first-order valence-corrected chi connectivity index (χ1v) is 8.58. The van der Waals surface area contributed by atoms with Crippen molar-refractivity contribution in [3.05, 3.63) is 0 Å². The zero-order chi connectivity index (χ0) is 16.8. The number of hydrogen-bond acceptors (Lipinski definition) is 3. The van der Waals surface area contributed by atoms with Crippen LogP contribution in [0.15, 0.2) is 0 Å². The van der Waals surface area contributed by atoms with Crippen LogP contribution in [0.25, 0.3) is 0 Å². The maximum absolute atomic E-state index is 12.3. The lowest BCUT2D eigenvalue weighted by atomic mass is 9.96. The minimum atomic E-state index is -0.172. The molecule has 0 bridgehead atoms. The SMILES string of the molecule is CC(C)NC(=O)CN1CCN(C(=O)NC2CCCCC2)CC1=O. The molecule has 0 aromatic carbocycles. The largest absolute Gasteiger partial charge is 0.352 e. The van der Waals surface area contributed by atoms with E-state index in [9.17, 15) is 14.4 Å². The number of nitrogens with zero attached hydrogens (tertiary/aromatic N) is 2. The third kappa shape index (κ3) is 5.41. The van der Waals surface area contributed by atoms with Gasteiger partial charge in [0, 0.05) is 25.2 Å². The van der Waals surface area contributed by atoms with Gasteiger partial charge in [0.2, 0.25) is 11.8 Å². The fourth-order valence-electron chi connectivity index (χ4n) is 3.10. The van der Waals surface area contributed by atoms with Crippen LogP contribution in [0.1, 0.15) is 46.0 Å². The Labute approximate surface area is 137 Å². The van der Waals surface area contributed by atoms with Crippen molar-refractivity contribution >= 4 is 17.8 Å². The van der Waals surface area contributed by atoms with E-state index in [4.69, 9.17) is 0 Å². The van der Waals surface area contributed by atoms with Gasteiger partial charge in [0.05, 0.1) is 6.54 Å². The van der Waals surface area contributed by atoms with Gasteiger partial charge in [-0.05, 0) is 26.7 Å². The molecule has 0 unspecified atom stereocenters. The minimum absolute atomic E-state index is 0.0491. The molecule has 2 aliphatic rings. The number of piperazine rings is 1. The molecule has 1 heterocycles. The zero-order valence-corrected chi connectivity index (χ0v) is 14.1. The Morgan fingerprint density at radius 2 is 1.87 bits per heavy atom. The van der Waals surface area contributed by atoms with Crippen LogP contribution in [-0.2, 0) is 9.59 Å². The second-order valence-electron chi connectivity index (χ2n) is 6.74. The van der Waals surface area contributed by atoms with Crippen LogP contribution < -0.4 is 10.6 Å². The quantitative estimate of drug-likeness (QED) is 0.798. The van der Waals surface area contributed by atoms with Crippen molar-refractivity contribution in [3.8, 4) is 0 Å². The Bertz CT molecular complexity index is 447. The highest BCUT2D eigenvalue weighted by Crippen LogP contribution is 2.17. The highest BCUT2D eigenvalue weighted by atomic mass is 16.2. The number of nitrogens with one attached hydrogen (secondary N) is 2. The summed E-state index contributed by atoms with van der Waals surface area (Å²) in [6.07, 6.45) is 5.59. The van der Waals surface area contributed by atoms with Crippen LogP contribution in [0, 0.1) is 0 Å². The fourth-order valence-corrected chi connectivity index (χ4v) is 3.10. The number of carbonyl (C=O) groups excluding carboxylic acids is 3. The smallest absolute Gasteiger partial charge is 0.318 e. The van der Waals surface area contributed by atoms with Crippen LogP contribution in [-0.4, -0.2) is 65.9 Å². The van der Waals surface area contributed by atoms with E-state index in [-0.39, 0.29) is 43.0 Å². The molecule has 130 valence electrons. The molecular formula is C16H28N4O3. The molecule has 0 aromatic rings. The minimum Gasteiger partial charge on any atom is -0.352 e. The van der Waals surface area contributed by atoms with Crippen molar-refractivity contribution in [2.75, 3.05) is 26.2 Å². The Hall–Kier alpha value is -1.79. The summed E-state index contributed by atoms with van der Waals surface area (Å²) < 4.78 is 0. The van der Waals surface area contributed by atoms with E-state index in [1.807, 2.05) is 13.8 Å². The lowest BCUT2D eigenvalue weighted by Crippen LogP contribution is -2.57. The number of rotatable bonds is 4. The monoisotopic (exact) mass is 324 g/mol. The molecule has 2 rings (SSSR count). The van der Waals surface area contributed by atoms with Gasteiger partial charge in [-0.3, -0.25) is 9.59 Å². The molecule has 0 atom stereocenters. The molecule has 0 aromatic heterocycles. The second kappa shape index (κ2) is 8.17. The summed E-state index contributed by atoms with van der Waals surface area (Å²) in [5.41, 5.74) is 0. The summed E-state index contributed by atoms with van der Waals surface area (Å²) in [4.78, 5) is 39.2. The van der Waals surface area contributed by atoms with Gasteiger partial charge < -0.3 is 20.4 Å². The molecule has 1 aliphatic heterocycles. The molecular weight excluding hydrogens is 296 g/mol. The predicted molar refractivity (Wildman–Crippen MR) is 86.8 cm³/mol. The Kier molecular flexibility index (Phi) is 6.24. The van der Waals surface area contributed by atoms with Crippen molar-refractivity contribution in [1.82, 2.24) is 20.4 Å². The summed E-state index contributed by atoms with van der Waals surface area (Å²) in [5, 5.41) is 5.80. The average molecular weight is 324 g/mol. The molecule has 7 nitrogen and oxygen atoms in total. The standard InChI is InChI=1S/C16H28N4O3/c1-12(2)17-14(21)10-19-8-9-20(11-15(19)22)16(23)18-13-6-4-3-5-7-13/h12-13H,3-11H2,1-2H3,(H,17,21)(H,18,23). The van der Waals surface area contributed by atoms with E-state index in [2.05, 4.69) is 10.6 Å². The number of urea groups is 1. The highest BCUT2D eigenvalue weighted by molar-refractivity contribution is 5.89. The molecule has 2 N–H and O–H groups in total. The van der Waals surface area contributed by atoms with Crippen LogP contribution in [0.3, 0.4) is 0 Å². The third-order valence-corrected chi connectivity index (χ3v) is 4.32. The van der Waals surface area contributed by atoms with Crippen LogP contribution in [0.5, 0.6) is 0 Å². The van der Waals surface area contributed by atoms with Gasteiger partial charge in [0.25, 0.3) is 0 Å². The van der Waals surface area contributed by atoms with Gasteiger partial charge in [-0.2, -0.15) is 0 Å². The summed E-state index contributed by atoms with van der Waals surface area (Å²) in [7, 11) is 0. The highest BCUT2D eigenvalue weighted by Gasteiger charge is 2.29. The second-order valence-corrected chi connectivity index (χ2v) is 6.74. The Morgan fingerprint density at radius 1 is 1.17 bits per heavy atom. The van der Waals surface area contributed by atoms with E-state index in [1.165, 1.54) is 11.3 Å². The maximum atomic E-state index is 12.3. The molecule has 7 heteroatoms. The van der Waals surface area contributed by atoms with Crippen molar-refractivity contribution in [2.45, 2.75) is 58.0 Å². The molecule has 1 saturated carbocycles. The van der Waals surface area contributed by atoms with Crippen molar-refractivity contribution in [3.63, 3.8) is 0 Å². The molecule has 1 saturated heterocycles. The van der Waals surface area contributed by atoms with Gasteiger partial charge in [-0.25, -0.2) is 4.79 Å². The molecule has 1 aliphatic carbocycles. The zero-order valence-electron chi connectivity index (χ0n) is 14.1. The first-order valence-electron chi connectivity index (χ1n) is 8.58. The van der Waals surface area contributed by atoms with Crippen molar-refractivity contribution in [1.29, 1.82) is 0 Å². The molecule has 0 radical (unpaired) electrons. The molecule has 0 spiro atoms. The summed E-state index contributed by atoms with van der Waals surface area (Å²) >= 11 is 0. The predicted octanol–water partition coefficient (Wildman–Crippen LogP) is 0.698. The van der Waals surface area contributed by atoms with Gasteiger partial charge in [-0.15, -0.1) is 0 Å². The summed E-state index contributed by atoms with van der Waals surface area (Å²) in [6.45, 7) is 4.75. The Balaban J connectivity index is 1.77. The topological polar surface area (TPSA) is 81.8 Å². The summed E-state index contributed by atoms with van der Waals surface area (Å²) in [6, 6.07) is 0.137. The van der Waals surface area contributed by atoms with Gasteiger partial charge in [-0.1, -0.05) is 19.3 Å². The fraction of sp³-hybridized carbons (Fsp3) is 0.812. The number of hydrogen-bond donors (Lipinski definition) is 2. The lowest BCUT2D eigenvalue weighted by Gasteiger charge is -2.35. The normalized spacial score (nSPS) is 19.9. The van der Waals surface area contributed by atoms with Crippen LogP contribution in [0.4, 0.5) is 4.79 Å². The maximum Gasteiger partial charge on any atom is 0.318 e. The van der Waals surface area contributed by atoms with Gasteiger partial charge in [0.15, 0.2) is 0 Å². The molecule has 2 fully saturated rings. The van der Waals surface area contributed by atoms with E-state index in [1.54, 1.807) is 4.90 Å². The lowest BCUT2D eigenvalue weighted by molar-refractivity contribution is -0.139. The molecule has 23 heavy (non-hydrogen) atoms. The number of carbonyl (C=O) groups is 3. The first kappa shape index (κ1) is 17.6. The number of amides is 4. The average Bonchev–Trinajstić information content (AvgIpc) is 2.49. The van der Waals surface area contributed by atoms with Gasteiger partial charge >= 0.3 is 6.03 Å². The summed E-state index contributed by atoms with van der Waals surface area (Å²) in [5.74, 6) is -0.331. The van der Waals surface area contributed by atoms with E-state index < -0.39 is 0 Å². The van der Waals surface area contributed by atoms with Crippen molar-refractivity contribution in [2.24, 2.45) is 0 Å². The van der Waals surface area contributed by atoms with Crippen LogP contribution >= 0.6 is 0 Å². The molecule has 4 amide bonds.